The number of ether oxygens (including phenoxy) is 1. The third-order valence-electron chi connectivity index (χ3n) is 6.94. The first kappa shape index (κ1) is 28.2. The molecular weight excluding hydrogens is 461 g/mol. The van der Waals surface area contributed by atoms with Gasteiger partial charge in [-0.3, -0.25) is 4.79 Å². The molecule has 3 heterocycles. The molecule has 11 heteroatoms. The molecule has 3 rings (SSSR count). The Morgan fingerprint density at radius 3 is 2.19 bits per heavy atom. The second kappa shape index (κ2) is 10.2. The zero-order valence-electron chi connectivity index (χ0n) is 23.4. The van der Waals surface area contributed by atoms with Crippen LogP contribution in [0.25, 0.3) is 0 Å². The fourth-order valence-electron chi connectivity index (χ4n) is 4.37. The van der Waals surface area contributed by atoms with Crippen molar-refractivity contribution in [2.24, 2.45) is 0 Å². The number of nitrogens with one attached hydrogen (secondary N) is 1. The third kappa shape index (κ3) is 6.29. The lowest BCUT2D eigenvalue weighted by atomic mass is 9.81. The van der Waals surface area contributed by atoms with Gasteiger partial charge in [0.05, 0.1) is 17.2 Å². The smallest absolute Gasteiger partial charge is 0.444 e. The van der Waals surface area contributed by atoms with Crippen molar-refractivity contribution >= 4 is 30.5 Å². The maximum Gasteiger partial charge on any atom is 0.498 e. The van der Waals surface area contributed by atoms with Crippen molar-refractivity contribution in [3.05, 3.63) is 12.4 Å². The molecule has 2 amide bonds. The Hall–Kier alpha value is -2.40. The summed E-state index contributed by atoms with van der Waals surface area (Å²) in [6.45, 7) is 20.4. The van der Waals surface area contributed by atoms with Crippen molar-refractivity contribution in [3.8, 4) is 0 Å². The highest BCUT2D eigenvalue weighted by molar-refractivity contribution is 6.61. The minimum atomic E-state index is -0.679. The number of hydrogen-bond acceptors (Lipinski definition) is 8. The molecule has 0 radical (unpaired) electrons. The van der Waals surface area contributed by atoms with Crippen molar-refractivity contribution < 1.29 is 23.6 Å². The molecule has 0 aromatic carbocycles. The lowest BCUT2D eigenvalue weighted by molar-refractivity contribution is -0.132. The van der Waals surface area contributed by atoms with Crippen LogP contribution in [0.4, 0.5) is 10.7 Å². The second-order valence-electron chi connectivity index (χ2n) is 12.0. The maximum absolute atomic E-state index is 13.0. The van der Waals surface area contributed by atoms with Crippen molar-refractivity contribution in [2.45, 2.75) is 111 Å². The summed E-state index contributed by atoms with van der Waals surface area (Å²) in [7, 11) is -0.518. The zero-order valence-corrected chi connectivity index (χ0v) is 23.4. The summed E-state index contributed by atoms with van der Waals surface area (Å²) in [5.41, 5.74) is -0.724. The number of rotatable bonds is 6. The number of amides is 2. The zero-order chi connectivity index (χ0) is 27.1. The molecule has 0 saturated carbocycles. The Morgan fingerprint density at radius 1 is 1.14 bits per heavy atom. The molecule has 0 aliphatic carbocycles. The maximum atomic E-state index is 13.0. The first-order valence-electron chi connectivity index (χ1n) is 12.7. The Morgan fingerprint density at radius 2 is 1.69 bits per heavy atom. The van der Waals surface area contributed by atoms with E-state index in [-0.39, 0.29) is 18.0 Å². The minimum Gasteiger partial charge on any atom is -0.444 e. The predicted molar refractivity (Wildman–Crippen MR) is 139 cm³/mol. The first-order chi connectivity index (χ1) is 16.5. The van der Waals surface area contributed by atoms with E-state index in [9.17, 15) is 9.59 Å². The van der Waals surface area contributed by atoms with Crippen molar-refractivity contribution in [1.29, 1.82) is 0 Å². The van der Waals surface area contributed by atoms with E-state index < -0.39 is 36.1 Å². The van der Waals surface area contributed by atoms with Gasteiger partial charge in [-0.1, -0.05) is 0 Å². The van der Waals surface area contributed by atoms with Gasteiger partial charge >= 0.3 is 13.2 Å². The van der Waals surface area contributed by atoms with Gasteiger partial charge in [-0.15, -0.1) is 0 Å². The minimum absolute atomic E-state index is 0.0605. The molecule has 36 heavy (non-hydrogen) atoms. The predicted octanol–water partition coefficient (Wildman–Crippen LogP) is 2.50. The van der Waals surface area contributed by atoms with Gasteiger partial charge in [-0.2, -0.15) is 0 Å². The highest BCUT2D eigenvalue weighted by Crippen LogP contribution is 2.36. The summed E-state index contributed by atoms with van der Waals surface area (Å²) in [5.74, 6) is 0.466. The lowest BCUT2D eigenvalue weighted by Crippen LogP contribution is -2.49. The molecule has 2 atom stereocenters. The Labute approximate surface area is 215 Å². The van der Waals surface area contributed by atoms with Gasteiger partial charge in [0.1, 0.15) is 11.6 Å². The molecule has 1 aromatic rings. The number of aromatic nitrogens is 2. The average molecular weight is 503 g/mol. The van der Waals surface area contributed by atoms with Crippen LogP contribution >= 0.6 is 0 Å². The van der Waals surface area contributed by atoms with Gasteiger partial charge in [0.15, 0.2) is 0 Å². The summed E-state index contributed by atoms with van der Waals surface area (Å²) in [6, 6.07) is -0.489. The van der Waals surface area contributed by atoms with Crippen LogP contribution in [0, 0.1) is 0 Å². The normalized spacial score (nSPS) is 22.0. The van der Waals surface area contributed by atoms with Crippen molar-refractivity contribution in [1.82, 2.24) is 20.2 Å². The van der Waals surface area contributed by atoms with Crippen LogP contribution in [0.2, 0.25) is 0 Å². The van der Waals surface area contributed by atoms with E-state index in [1.54, 1.807) is 45.0 Å². The number of likely N-dealkylation sites (tertiary alicyclic amines) is 1. The first-order valence-corrected chi connectivity index (χ1v) is 12.7. The fourth-order valence-corrected chi connectivity index (χ4v) is 4.37. The van der Waals surface area contributed by atoms with Crippen LogP contribution in [0.3, 0.4) is 0 Å². The number of nitrogens with zero attached hydrogens (tertiary/aromatic N) is 4. The fraction of sp³-hybridized carbons (Fsp3) is 0.760. The quantitative estimate of drug-likeness (QED) is 0.591. The van der Waals surface area contributed by atoms with E-state index in [4.69, 9.17) is 14.0 Å². The summed E-state index contributed by atoms with van der Waals surface area (Å²) in [4.78, 5) is 38.3. The van der Waals surface area contributed by atoms with Gasteiger partial charge < -0.3 is 29.2 Å². The monoisotopic (exact) mass is 503 g/mol. The molecule has 10 nitrogen and oxygen atoms in total. The Kier molecular flexibility index (Phi) is 7.96. The second-order valence-corrected chi connectivity index (χ2v) is 12.0. The molecule has 2 aliphatic rings. The van der Waals surface area contributed by atoms with E-state index in [0.717, 1.165) is 11.9 Å². The van der Waals surface area contributed by atoms with Gasteiger partial charge in [0.25, 0.3) is 0 Å². The lowest BCUT2D eigenvalue weighted by Gasteiger charge is -2.33. The van der Waals surface area contributed by atoms with Gasteiger partial charge in [-0.25, -0.2) is 14.8 Å². The number of alkyl carbamates (subject to hydrolysis) is 1. The summed E-state index contributed by atoms with van der Waals surface area (Å²) in [6.07, 6.45) is 3.69. The van der Waals surface area contributed by atoms with Crippen molar-refractivity contribution in [2.75, 3.05) is 18.0 Å². The Balaban J connectivity index is 1.65. The summed E-state index contributed by atoms with van der Waals surface area (Å²) < 4.78 is 17.5. The molecule has 1 aromatic heterocycles. The van der Waals surface area contributed by atoms with Crippen LogP contribution in [0.1, 0.15) is 75.7 Å². The van der Waals surface area contributed by atoms with Crippen molar-refractivity contribution in [3.63, 3.8) is 0 Å². The highest BCUT2D eigenvalue weighted by atomic mass is 16.7. The van der Waals surface area contributed by atoms with Gasteiger partial charge in [-0.05, 0) is 75.7 Å². The van der Waals surface area contributed by atoms with Crippen LogP contribution in [-0.2, 0) is 18.8 Å². The molecule has 0 bridgehead atoms. The number of hydrogen-bond donors (Lipinski definition) is 1. The number of carbonyl (C=O) groups excluding carboxylic acids is 2. The number of anilines is 1. The van der Waals surface area contributed by atoms with Gasteiger partial charge in [0.2, 0.25) is 11.9 Å². The van der Waals surface area contributed by atoms with E-state index >= 15 is 0 Å². The Bertz CT molecular complexity index is 931. The SMILES string of the molecule is CC(NC(=O)OC(C)(C)C)C(=O)N1CC[C@@H](N(c2ncc(B3OC(C)(C)C(C)(C)O3)cn2)C(C)C)C1. The third-order valence-corrected chi connectivity index (χ3v) is 6.94. The van der Waals surface area contributed by atoms with Crippen LogP contribution in [-0.4, -0.2) is 82.0 Å². The van der Waals surface area contributed by atoms with E-state index in [1.807, 2.05) is 27.7 Å². The largest absolute Gasteiger partial charge is 0.498 e. The molecule has 2 fully saturated rings. The van der Waals surface area contributed by atoms with Gasteiger partial charge in [0, 0.05) is 37.0 Å². The molecule has 200 valence electrons. The average Bonchev–Trinajstić information content (AvgIpc) is 3.28. The molecule has 2 aliphatic heterocycles. The van der Waals surface area contributed by atoms with E-state index in [1.165, 1.54) is 0 Å². The van der Waals surface area contributed by atoms with E-state index in [2.05, 4.69) is 34.0 Å². The highest BCUT2D eigenvalue weighted by Gasteiger charge is 2.52. The van der Waals surface area contributed by atoms with E-state index in [0.29, 0.717) is 19.0 Å². The van der Waals surface area contributed by atoms with Crippen LogP contribution in [0.5, 0.6) is 0 Å². The summed E-state index contributed by atoms with van der Waals surface area (Å²) >= 11 is 0. The molecule has 1 N–H and O–H groups in total. The molecule has 1 unspecified atom stereocenters. The standard InChI is InChI=1S/C25H42BN5O5/c1-16(2)31(21-27-13-18(14-28-21)26-35-24(7,8)25(9,10)36-26)19-11-12-30(15-19)20(32)17(3)29-22(33)34-23(4,5)6/h13-14,16-17,19H,11-12,15H2,1-10H3,(H,29,33)/t17?,19-/m1/s1. The van der Waals surface area contributed by atoms with Crippen LogP contribution < -0.4 is 15.7 Å². The molecular formula is C25H42BN5O5. The number of carbonyl (C=O) groups is 2. The summed E-state index contributed by atoms with van der Waals surface area (Å²) in [5, 5.41) is 2.64. The molecule has 2 saturated heterocycles. The molecule has 0 spiro atoms. The van der Waals surface area contributed by atoms with Crippen LogP contribution in [0.15, 0.2) is 12.4 Å². The topological polar surface area (TPSA) is 106 Å².